The number of ether oxygens (including phenoxy) is 3. The summed E-state index contributed by atoms with van der Waals surface area (Å²) in [7, 11) is 0. The second-order valence-corrected chi connectivity index (χ2v) is 6.79. The van der Waals surface area contributed by atoms with Crippen LogP contribution in [0, 0.1) is 0 Å². The molecule has 2 aliphatic heterocycles. The molecule has 140 valence electrons. The predicted molar refractivity (Wildman–Crippen MR) is 104 cm³/mol. The number of rotatable bonds is 4. The maximum Gasteiger partial charge on any atom is 0.172 e. The van der Waals surface area contributed by atoms with E-state index < -0.39 is 0 Å². The Morgan fingerprint density at radius 2 is 1.58 bits per heavy atom. The van der Waals surface area contributed by atoms with E-state index in [0.717, 1.165) is 42.3 Å². The fourth-order valence-electron chi connectivity index (χ4n) is 3.51. The highest BCUT2D eigenvalue weighted by Gasteiger charge is 2.43. The zero-order valence-corrected chi connectivity index (χ0v) is 16.4. The minimum Gasteiger partial charge on any atom is -0.457 e. The Bertz CT molecular complexity index is 766. The van der Waals surface area contributed by atoms with Crippen LogP contribution in [0.1, 0.15) is 37.2 Å². The van der Waals surface area contributed by atoms with Gasteiger partial charge in [0.25, 0.3) is 0 Å². The molecule has 6 heteroatoms. The molecule has 3 unspecified atom stereocenters. The molecular formula is C20H23Cl2NO3. The van der Waals surface area contributed by atoms with Gasteiger partial charge < -0.3 is 14.2 Å². The molecule has 2 heterocycles. The number of likely N-dealkylation sites (N-methyl/N-ethyl adjacent to an activating group) is 1. The van der Waals surface area contributed by atoms with Gasteiger partial charge in [0.05, 0.1) is 0 Å². The summed E-state index contributed by atoms with van der Waals surface area (Å²) in [6, 6.07) is 13.6. The Balaban J connectivity index is 0.00000196. The number of nitrogens with zero attached hydrogens (tertiary/aromatic N) is 1. The molecule has 2 aromatic rings. The standard InChI is InChI=1S/C20H22ClNO3.ClH/c1-3-22(4-2)12-18-24-19-14-7-5-6-8-16(14)23-17-10-9-13(21)11-15(17)20(19)25-18;/h5-11,18-20H,3-4,12H2,1-2H3;1H. The van der Waals surface area contributed by atoms with Gasteiger partial charge in [-0.15, -0.1) is 12.4 Å². The summed E-state index contributed by atoms with van der Waals surface area (Å²) in [4.78, 5) is 2.30. The summed E-state index contributed by atoms with van der Waals surface area (Å²) in [5.74, 6) is 1.59. The highest BCUT2D eigenvalue weighted by atomic mass is 35.5. The fraction of sp³-hybridized carbons (Fsp3) is 0.400. The molecule has 4 rings (SSSR count). The second kappa shape index (κ2) is 8.15. The molecule has 3 atom stereocenters. The van der Waals surface area contributed by atoms with E-state index in [1.54, 1.807) is 0 Å². The second-order valence-electron chi connectivity index (χ2n) is 6.35. The van der Waals surface area contributed by atoms with Gasteiger partial charge in [0, 0.05) is 22.7 Å². The normalized spacial score (nSPS) is 23.3. The average molecular weight is 396 g/mol. The maximum atomic E-state index is 6.32. The summed E-state index contributed by atoms with van der Waals surface area (Å²) in [6.07, 6.45) is -0.692. The van der Waals surface area contributed by atoms with Crippen molar-refractivity contribution in [3.05, 3.63) is 58.6 Å². The quantitative estimate of drug-likeness (QED) is 0.696. The van der Waals surface area contributed by atoms with Crippen LogP contribution in [0.3, 0.4) is 0 Å². The van der Waals surface area contributed by atoms with Crippen LogP contribution in [-0.4, -0.2) is 30.8 Å². The van der Waals surface area contributed by atoms with Gasteiger partial charge in [-0.3, -0.25) is 4.90 Å². The molecule has 0 saturated carbocycles. The van der Waals surface area contributed by atoms with E-state index in [1.165, 1.54) is 0 Å². The molecule has 2 aliphatic rings. The summed E-state index contributed by atoms with van der Waals surface area (Å²) in [5, 5.41) is 0.669. The van der Waals surface area contributed by atoms with E-state index in [4.69, 9.17) is 25.8 Å². The van der Waals surface area contributed by atoms with Gasteiger partial charge in [-0.1, -0.05) is 43.6 Å². The van der Waals surface area contributed by atoms with Crippen molar-refractivity contribution in [1.82, 2.24) is 4.90 Å². The van der Waals surface area contributed by atoms with Gasteiger partial charge in [-0.2, -0.15) is 0 Å². The van der Waals surface area contributed by atoms with Gasteiger partial charge in [0.1, 0.15) is 23.7 Å². The van der Waals surface area contributed by atoms with Crippen molar-refractivity contribution in [2.24, 2.45) is 0 Å². The predicted octanol–water partition coefficient (Wildman–Crippen LogP) is 5.36. The van der Waals surface area contributed by atoms with Crippen LogP contribution in [-0.2, 0) is 9.47 Å². The Labute approximate surface area is 165 Å². The number of fused-ring (bicyclic) bond motifs is 5. The maximum absolute atomic E-state index is 6.32. The molecule has 0 aliphatic carbocycles. The van der Waals surface area contributed by atoms with Crippen molar-refractivity contribution in [2.75, 3.05) is 19.6 Å². The van der Waals surface area contributed by atoms with Crippen LogP contribution in [0.15, 0.2) is 42.5 Å². The zero-order chi connectivity index (χ0) is 17.4. The largest absolute Gasteiger partial charge is 0.457 e. The Morgan fingerprint density at radius 1 is 0.923 bits per heavy atom. The van der Waals surface area contributed by atoms with Crippen LogP contribution in [0.25, 0.3) is 0 Å². The first-order valence-electron chi connectivity index (χ1n) is 8.79. The summed E-state index contributed by atoms with van der Waals surface area (Å²) in [6.45, 7) is 6.98. The molecule has 4 nitrogen and oxygen atoms in total. The van der Waals surface area contributed by atoms with Crippen LogP contribution >= 0.6 is 24.0 Å². The summed E-state index contributed by atoms with van der Waals surface area (Å²) >= 11 is 6.24. The number of para-hydroxylation sites is 1. The SMILES string of the molecule is CCN(CC)CC1OC2c3ccccc3Oc3ccc(Cl)cc3C2O1.Cl. The first-order valence-corrected chi connectivity index (χ1v) is 9.17. The number of hydrogen-bond acceptors (Lipinski definition) is 4. The van der Waals surface area contributed by atoms with E-state index in [9.17, 15) is 0 Å². The van der Waals surface area contributed by atoms with Crippen LogP contribution in [0.5, 0.6) is 11.5 Å². The van der Waals surface area contributed by atoms with Crippen molar-refractivity contribution in [3.63, 3.8) is 0 Å². The van der Waals surface area contributed by atoms with E-state index >= 15 is 0 Å². The first-order chi connectivity index (χ1) is 12.2. The smallest absolute Gasteiger partial charge is 0.172 e. The van der Waals surface area contributed by atoms with Crippen molar-refractivity contribution in [2.45, 2.75) is 32.3 Å². The van der Waals surface area contributed by atoms with Crippen LogP contribution in [0.2, 0.25) is 5.02 Å². The number of hydrogen-bond donors (Lipinski definition) is 0. The topological polar surface area (TPSA) is 30.9 Å². The molecule has 0 aromatic heterocycles. The van der Waals surface area contributed by atoms with E-state index in [0.29, 0.717) is 5.02 Å². The number of benzene rings is 2. The van der Waals surface area contributed by atoms with Gasteiger partial charge in [0.15, 0.2) is 6.29 Å². The van der Waals surface area contributed by atoms with E-state index in [-0.39, 0.29) is 30.9 Å². The van der Waals surface area contributed by atoms with Crippen molar-refractivity contribution in [1.29, 1.82) is 0 Å². The van der Waals surface area contributed by atoms with Crippen molar-refractivity contribution in [3.8, 4) is 11.5 Å². The third-order valence-electron chi connectivity index (χ3n) is 4.90. The Hall–Kier alpha value is -1.30. The van der Waals surface area contributed by atoms with Gasteiger partial charge >= 0.3 is 0 Å². The summed E-state index contributed by atoms with van der Waals surface area (Å²) in [5.41, 5.74) is 1.96. The van der Waals surface area contributed by atoms with E-state index in [2.05, 4.69) is 18.7 Å². The molecule has 0 bridgehead atoms. The monoisotopic (exact) mass is 395 g/mol. The lowest BCUT2D eigenvalue weighted by molar-refractivity contribution is -0.0834. The summed E-state index contributed by atoms with van der Waals surface area (Å²) < 4.78 is 18.8. The fourth-order valence-corrected chi connectivity index (χ4v) is 3.70. The molecule has 2 aromatic carbocycles. The minimum atomic E-state index is -0.270. The molecule has 0 spiro atoms. The lowest BCUT2D eigenvalue weighted by Crippen LogP contribution is -2.32. The van der Waals surface area contributed by atoms with E-state index in [1.807, 2.05) is 42.5 Å². The lowest BCUT2D eigenvalue weighted by Gasteiger charge is -2.22. The van der Waals surface area contributed by atoms with Gasteiger partial charge in [-0.05, 0) is 37.4 Å². The molecular weight excluding hydrogens is 373 g/mol. The van der Waals surface area contributed by atoms with Crippen molar-refractivity contribution >= 4 is 24.0 Å². The lowest BCUT2D eigenvalue weighted by atomic mass is 9.98. The Kier molecular flexibility index (Phi) is 6.10. The average Bonchev–Trinajstić information content (AvgIpc) is 3.00. The molecule has 0 radical (unpaired) electrons. The third-order valence-corrected chi connectivity index (χ3v) is 5.13. The first kappa shape index (κ1) is 19.5. The number of halogens is 2. The molecule has 1 fully saturated rings. The third kappa shape index (κ3) is 3.57. The van der Waals surface area contributed by atoms with Crippen LogP contribution < -0.4 is 4.74 Å². The molecule has 26 heavy (non-hydrogen) atoms. The Morgan fingerprint density at radius 3 is 2.31 bits per heavy atom. The minimum absolute atomic E-state index is 0. The highest BCUT2D eigenvalue weighted by molar-refractivity contribution is 6.30. The van der Waals surface area contributed by atoms with Gasteiger partial charge in [-0.25, -0.2) is 0 Å². The van der Waals surface area contributed by atoms with Gasteiger partial charge in [0.2, 0.25) is 0 Å². The van der Waals surface area contributed by atoms with Crippen LogP contribution in [0.4, 0.5) is 0 Å². The highest BCUT2D eigenvalue weighted by Crippen LogP contribution is 2.51. The van der Waals surface area contributed by atoms with Crippen molar-refractivity contribution < 1.29 is 14.2 Å². The molecule has 1 saturated heterocycles. The molecule has 0 amide bonds. The molecule has 0 N–H and O–H groups in total. The zero-order valence-electron chi connectivity index (χ0n) is 14.9.